The molecule has 0 aliphatic heterocycles. The Morgan fingerprint density at radius 1 is 1.00 bits per heavy atom. The summed E-state index contributed by atoms with van der Waals surface area (Å²) >= 11 is 0. The topological polar surface area (TPSA) is 50.2 Å². The Hall–Kier alpha value is -2.04. The van der Waals surface area contributed by atoms with Crippen molar-refractivity contribution in [2.75, 3.05) is 0 Å². The Kier molecular flexibility index (Phi) is 4.84. The number of fused-ring (bicyclic) bond motifs is 1. The number of aliphatic hydroxyl groups is 1. The highest BCUT2D eigenvalue weighted by molar-refractivity contribution is 7.83. The zero-order valence-corrected chi connectivity index (χ0v) is 13.8. The van der Waals surface area contributed by atoms with E-state index in [9.17, 15) is 4.21 Å². The number of rotatable bonds is 5. The Bertz CT molecular complexity index is 844. The Morgan fingerprint density at radius 3 is 2.43 bits per heavy atom. The maximum Gasteiger partial charge on any atom is 0.0708 e. The molecule has 0 saturated heterocycles. The lowest BCUT2D eigenvalue weighted by Gasteiger charge is -2.08. The molecule has 0 aliphatic carbocycles. The lowest BCUT2D eigenvalue weighted by molar-refractivity contribution is 0.282. The summed E-state index contributed by atoms with van der Waals surface area (Å²) in [7, 11) is -0.985. The molecule has 23 heavy (non-hydrogen) atoms. The van der Waals surface area contributed by atoms with Gasteiger partial charge in [-0.1, -0.05) is 42.5 Å². The van der Waals surface area contributed by atoms with E-state index in [4.69, 9.17) is 5.11 Å². The second-order valence-corrected chi connectivity index (χ2v) is 7.10. The Balaban J connectivity index is 1.79. The van der Waals surface area contributed by atoms with Crippen LogP contribution in [0.5, 0.6) is 0 Å². The fraction of sp³-hybridized carbons (Fsp3) is 0.211. The minimum atomic E-state index is -0.985. The molecule has 0 amide bonds. The van der Waals surface area contributed by atoms with Crippen molar-refractivity contribution in [2.45, 2.75) is 25.0 Å². The first kappa shape index (κ1) is 15.8. The quantitative estimate of drug-likeness (QED) is 0.781. The fourth-order valence-electron chi connectivity index (χ4n) is 2.67. The highest BCUT2D eigenvalue weighted by Gasteiger charge is 2.08. The third-order valence-electron chi connectivity index (χ3n) is 3.78. The molecular formula is C19H19NO2S. The third kappa shape index (κ3) is 3.84. The highest BCUT2D eigenvalue weighted by Crippen LogP contribution is 2.20. The minimum Gasteiger partial charge on any atom is -0.392 e. The lowest BCUT2D eigenvalue weighted by atomic mass is 10.1. The molecule has 1 atom stereocenters. The third-order valence-corrected chi connectivity index (χ3v) is 5.07. The smallest absolute Gasteiger partial charge is 0.0708 e. The molecule has 2 aromatic carbocycles. The predicted octanol–water partition coefficient (Wildman–Crippen LogP) is 3.48. The van der Waals surface area contributed by atoms with Crippen LogP contribution in [-0.2, 0) is 28.9 Å². The van der Waals surface area contributed by atoms with Crippen molar-refractivity contribution in [3.8, 4) is 0 Å². The van der Waals surface area contributed by atoms with Crippen LogP contribution in [0.25, 0.3) is 10.9 Å². The van der Waals surface area contributed by atoms with Gasteiger partial charge in [0.15, 0.2) is 0 Å². The van der Waals surface area contributed by atoms with Crippen LogP contribution >= 0.6 is 0 Å². The molecule has 1 unspecified atom stereocenters. The standard InChI is InChI=1S/C19H19NO2S/c1-14-10-17(18-4-2-3-5-19(18)20-14)13-23(22)12-16-8-6-15(11-21)7-9-16/h2-10,21H,11-13H2,1H3. The Morgan fingerprint density at radius 2 is 1.70 bits per heavy atom. The maximum absolute atomic E-state index is 12.5. The molecule has 3 nitrogen and oxygen atoms in total. The van der Waals surface area contributed by atoms with E-state index in [1.165, 1.54) is 0 Å². The number of benzene rings is 2. The van der Waals surface area contributed by atoms with Gasteiger partial charge < -0.3 is 5.11 Å². The van der Waals surface area contributed by atoms with E-state index in [-0.39, 0.29) is 6.61 Å². The number of aryl methyl sites for hydroxylation is 1. The van der Waals surface area contributed by atoms with Gasteiger partial charge in [-0.2, -0.15) is 0 Å². The van der Waals surface area contributed by atoms with Crippen molar-refractivity contribution in [1.29, 1.82) is 0 Å². The molecule has 1 N–H and O–H groups in total. The number of aliphatic hydroxyl groups excluding tert-OH is 1. The summed E-state index contributed by atoms with van der Waals surface area (Å²) < 4.78 is 12.5. The van der Waals surface area contributed by atoms with Crippen LogP contribution in [0.2, 0.25) is 0 Å². The van der Waals surface area contributed by atoms with Crippen molar-refractivity contribution >= 4 is 21.7 Å². The van der Waals surface area contributed by atoms with Gasteiger partial charge in [-0.15, -0.1) is 0 Å². The summed E-state index contributed by atoms with van der Waals surface area (Å²) in [5.41, 5.74) is 4.87. The van der Waals surface area contributed by atoms with Crippen LogP contribution in [0, 0.1) is 6.92 Å². The SMILES string of the molecule is Cc1cc(CS(=O)Cc2ccc(CO)cc2)c2ccccc2n1. The van der Waals surface area contributed by atoms with Gasteiger partial charge in [0.05, 0.1) is 12.1 Å². The summed E-state index contributed by atoms with van der Waals surface area (Å²) in [4.78, 5) is 4.52. The lowest BCUT2D eigenvalue weighted by Crippen LogP contribution is -2.01. The molecule has 3 rings (SSSR count). The molecule has 0 saturated carbocycles. The van der Waals surface area contributed by atoms with Crippen molar-refractivity contribution in [3.63, 3.8) is 0 Å². The van der Waals surface area contributed by atoms with Gasteiger partial charge in [0, 0.05) is 33.4 Å². The number of aromatic nitrogens is 1. The van der Waals surface area contributed by atoms with E-state index in [0.29, 0.717) is 11.5 Å². The van der Waals surface area contributed by atoms with E-state index in [1.54, 1.807) is 0 Å². The molecule has 0 radical (unpaired) electrons. The predicted molar refractivity (Wildman–Crippen MR) is 94.4 cm³/mol. The van der Waals surface area contributed by atoms with Crippen LogP contribution in [0.4, 0.5) is 0 Å². The van der Waals surface area contributed by atoms with E-state index in [1.807, 2.05) is 61.5 Å². The summed E-state index contributed by atoms with van der Waals surface area (Å²) in [6, 6.07) is 17.6. The van der Waals surface area contributed by atoms with Crippen LogP contribution in [0.15, 0.2) is 54.6 Å². The molecule has 0 fully saturated rings. The molecule has 3 aromatic rings. The molecule has 118 valence electrons. The van der Waals surface area contributed by atoms with E-state index < -0.39 is 10.8 Å². The van der Waals surface area contributed by atoms with Crippen molar-refractivity contribution < 1.29 is 9.32 Å². The largest absolute Gasteiger partial charge is 0.392 e. The van der Waals surface area contributed by atoms with E-state index >= 15 is 0 Å². The molecule has 1 aromatic heterocycles. The molecule has 1 heterocycles. The first-order chi connectivity index (χ1) is 11.2. The first-order valence-corrected chi connectivity index (χ1v) is 9.03. The van der Waals surface area contributed by atoms with Crippen molar-refractivity contribution in [2.24, 2.45) is 0 Å². The normalized spacial score (nSPS) is 12.4. The molecular weight excluding hydrogens is 306 g/mol. The van der Waals surface area contributed by atoms with Crippen molar-refractivity contribution in [1.82, 2.24) is 4.98 Å². The summed E-state index contributed by atoms with van der Waals surface area (Å²) in [5, 5.41) is 10.1. The van der Waals surface area contributed by atoms with E-state index in [0.717, 1.165) is 33.3 Å². The van der Waals surface area contributed by atoms with Gasteiger partial charge >= 0.3 is 0 Å². The van der Waals surface area contributed by atoms with Crippen LogP contribution in [0.1, 0.15) is 22.4 Å². The molecule has 0 spiro atoms. The summed E-state index contributed by atoms with van der Waals surface area (Å²) in [6.07, 6.45) is 0. The number of nitrogens with zero attached hydrogens (tertiary/aromatic N) is 1. The number of hydrogen-bond donors (Lipinski definition) is 1. The first-order valence-electron chi connectivity index (χ1n) is 7.54. The van der Waals surface area contributed by atoms with Gasteiger partial charge in [0.2, 0.25) is 0 Å². The fourth-order valence-corrected chi connectivity index (χ4v) is 3.92. The van der Waals surface area contributed by atoms with Crippen LogP contribution in [0.3, 0.4) is 0 Å². The van der Waals surface area contributed by atoms with Crippen molar-refractivity contribution in [3.05, 3.63) is 77.0 Å². The zero-order valence-electron chi connectivity index (χ0n) is 13.0. The van der Waals surface area contributed by atoms with Gasteiger partial charge in [-0.3, -0.25) is 9.19 Å². The second kappa shape index (κ2) is 7.02. The zero-order chi connectivity index (χ0) is 16.2. The summed E-state index contributed by atoms with van der Waals surface area (Å²) in [6.45, 7) is 2.00. The number of para-hydroxylation sites is 1. The van der Waals surface area contributed by atoms with Gasteiger partial charge in [-0.25, -0.2) is 0 Å². The van der Waals surface area contributed by atoms with Gasteiger partial charge in [0.1, 0.15) is 0 Å². The van der Waals surface area contributed by atoms with E-state index in [2.05, 4.69) is 4.98 Å². The molecule has 4 heteroatoms. The molecule has 0 bridgehead atoms. The van der Waals surface area contributed by atoms with Crippen LogP contribution in [-0.4, -0.2) is 14.3 Å². The van der Waals surface area contributed by atoms with Gasteiger partial charge in [0.25, 0.3) is 0 Å². The Labute approximate surface area is 138 Å². The average molecular weight is 325 g/mol. The minimum absolute atomic E-state index is 0.0334. The maximum atomic E-state index is 12.5. The molecule has 0 aliphatic rings. The monoisotopic (exact) mass is 325 g/mol. The average Bonchev–Trinajstić information content (AvgIpc) is 2.55. The number of hydrogen-bond acceptors (Lipinski definition) is 3. The second-order valence-electron chi connectivity index (χ2n) is 5.64. The van der Waals surface area contributed by atoms with Gasteiger partial charge in [-0.05, 0) is 35.7 Å². The van der Waals surface area contributed by atoms with Crippen LogP contribution < -0.4 is 0 Å². The summed E-state index contributed by atoms with van der Waals surface area (Å²) in [5.74, 6) is 1.03. The highest BCUT2D eigenvalue weighted by atomic mass is 32.2. The number of pyridine rings is 1.